The van der Waals surface area contributed by atoms with Crippen LogP contribution in [0.15, 0.2) is 0 Å². The molecule has 0 radical (unpaired) electrons. The largest absolute Gasteiger partial charge is 0.315 e. The number of hydrogen-bond acceptors (Lipinski definition) is 3. The molecule has 0 aliphatic rings. The predicted molar refractivity (Wildman–Crippen MR) is 73.0 cm³/mol. The Morgan fingerprint density at radius 3 is 1.75 bits per heavy atom. The third kappa shape index (κ3) is 13.9. The number of unbranched alkanes of at least 4 members (excludes halogenated alkanes) is 1. The van der Waals surface area contributed by atoms with Crippen molar-refractivity contribution in [3.63, 3.8) is 0 Å². The van der Waals surface area contributed by atoms with E-state index in [1.807, 2.05) is 0 Å². The Kier molecular flexibility index (Phi) is 12.9. The summed E-state index contributed by atoms with van der Waals surface area (Å²) in [6.45, 7) is 13.4. The molecule has 3 nitrogen and oxygen atoms in total. The Hall–Kier alpha value is -0.120. The van der Waals surface area contributed by atoms with Crippen molar-refractivity contribution >= 4 is 0 Å². The summed E-state index contributed by atoms with van der Waals surface area (Å²) in [5, 5.41) is 10.3. The third-order valence-electron chi connectivity index (χ3n) is 2.56. The van der Waals surface area contributed by atoms with E-state index < -0.39 is 0 Å². The monoisotopic (exact) mass is 229 g/mol. The van der Waals surface area contributed by atoms with E-state index in [0.29, 0.717) is 0 Å². The zero-order valence-electron chi connectivity index (χ0n) is 11.4. The molecule has 16 heavy (non-hydrogen) atoms. The lowest BCUT2D eigenvalue weighted by molar-refractivity contribution is 0.523. The van der Waals surface area contributed by atoms with Gasteiger partial charge in [0, 0.05) is 26.2 Å². The zero-order chi connectivity index (χ0) is 12.1. The first kappa shape index (κ1) is 15.9. The second-order valence-corrected chi connectivity index (χ2v) is 4.79. The van der Waals surface area contributed by atoms with Crippen molar-refractivity contribution in [2.24, 2.45) is 5.92 Å². The maximum absolute atomic E-state index is 3.45. The second-order valence-electron chi connectivity index (χ2n) is 4.79. The average Bonchev–Trinajstić information content (AvgIpc) is 2.25. The van der Waals surface area contributed by atoms with Gasteiger partial charge in [-0.2, -0.15) is 0 Å². The first-order chi connectivity index (χ1) is 7.77. The molecule has 0 aliphatic carbocycles. The maximum Gasteiger partial charge on any atom is 0.00772 e. The van der Waals surface area contributed by atoms with Crippen LogP contribution >= 0.6 is 0 Å². The van der Waals surface area contributed by atoms with Gasteiger partial charge in [-0.05, 0) is 31.8 Å². The maximum atomic E-state index is 3.45. The summed E-state index contributed by atoms with van der Waals surface area (Å²) in [6.07, 6.45) is 3.84. The molecular formula is C13H31N3. The quantitative estimate of drug-likeness (QED) is 0.445. The lowest BCUT2D eigenvalue weighted by Gasteiger charge is -2.08. The van der Waals surface area contributed by atoms with E-state index in [-0.39, 0.29) is 0 Å². The summed E-state index contributed by atoms with van der Waals surface area (Å²) in [5.74, 6) is 0.809. The van der Waals surface area contributed by atoms with Crippen LogP contribution in [0.2, 0.25) is 0 Å². The van der Waals surface area contributed by atoms with Gasteiger partial charge >= 0.3 is 0 Å². The van der Waals surface area contributed by atoms with Crippen molar-refractivity contribution in [1.29, 1.82) is 0 Å². The van der Waals surface area contributed by atoms with E-state index in [4.69, 9.17) is 0 Å². The van der Waals surface area contributed by atoms with E-state index in [9.17, 15) is 0 Å². The summed E-state index contributed by atoms with van der Waals surface area (Å²) in [5.41, 5.74) is 0. The topological polar surface area (TPSA) is 36.1 Å². The molecule has 3 heteroatoms. The molecule has 0 saturated carbocycles. The highest BCUT2D eigenvalue weighted by Gasteiger charge is 1.92. The molecule has 0 aromatic rings. The minimum atomic E-state index is 0.809. The van der Waals surface area contributed by atoms with Gasteiger partial charge in [-0.3, -0.25) is 0 Å². The standard InChI is InChI=1S/C13H31N3/c1-4-5-7-14-9-11-16-12-10-15-8-6-13(2)3/h13-16H,4-12H2,1-3H3. The van der Waals surface area contributed by atoms with Crippen LogP contribution in [0.5, 0.6) is 0 Å². The average molecular weight is 229 g/mol. The summed E-state index contributed by atoms with van der Waals surface area (Å²) in [7, 11) is 0. The van der Waals surface area contributed by atoms with Crippen LogP contribution in [0.25, 0.3) is 0 Å². The minimum Gasteiger partial charge on any atom is -0.315 e. The molecule has 0 rings (SSSR count). The summed E-state index contributed by atoms with van der Waals surface area (Å²) in [4.78, 5) is 0. The molecule has 0 spiro atoms. The molecule has 98 valence electrons. The SMILES string of the molecule is CCCCNCCNCCNCCC(C)C. The lowest BCUT2D eigenvalue weighted by atomic mass is 10.1. The fourth-order valence-corrected chi connectivity index (χ4v) is 1.42. The van der Waals surface area contributed by atoms with Crippen molar-refractivity contribution in [3.05, 3.63) is 0 Å². The van der Waals surface area contributed by atoms with E-state index in [1.54, 1.807) is 0 Å². The normalized spacial score (nSPS) is 11.2. The molecule has 0 unspecified atom stereocenters. The van der Waals surface area contributed by atoms with Gasteiger partial charge in [0.2, 0.25) is 0 Å². The summed E-state index contributed by atoms with van der Waals surface area (Å²) >= 11 is 0. The molecule has 0 fully saturated rings. The Bertz CT molecular complexity index is 126. The van der Waals surface area contributed by atoms with Gasteiger partial charge in [-0.15, -0.1) is 0 Å². The van der Waals surface area contributed by atoms with Gasteiger partial charge in [-0.1, -0.05) is 27.2 Å². The molecule has 0 bridgehead atoms. The van der Waals surface area contributed by atoms with Crippen LogP contribution in [0.1, 0.15) is 40.0 Å². The van der Waals surface area contributed by atoms with Gasteiger partial charge in [0.1, 0.15) is 0 Å². The number of nitrogens with one attached hydrogen (secondary N) is 3. The number of hydrogen-bond donors (Lipinski definition) is 3. The van der Waals surface area contributed by atoms with E-state index in [0.717, 1.165) is 45.2 Å². The fraction of sp³-hybridized carbons (Fsp3) is 1.00. The Balaban J connectivity index is 2.88. The Morgan fingerprint density at radius 1 is 0.750 bits per heavy atom. The van der Waals surface area contributed by atoms with Gasteiger partial charge in [0.05, 0.1) is 0 Å². The molecule has 0 aromatic heterocycles. The Labute approximate surface area is 102 Å². The number of rotatable bonds is 12. The molecular weight excluding hydrogens is 198 g/mol. The van der Waals surface area contributed by atoms with Crippen molar-refractivity contribution < 1.29 is 0 Å². The van der Waals surface area contributed by atoms with Crippen molar-refractivity contribution in [1.82, 2.24) is 16.0 Å². The summed E-state index contributed by atoms with van der Waals surface area (Å²) < 4.78 is 0. The molecule has 0 amide bonds. The van der Waals surface area contributed by atoms with Crippen LogP contribution in [0.3, 0.4) is 0 Å². The van der Waals surface area contributed by atoms with Crippen LogP contribution in [-0.2, 0) is 0 Å². The molecule has 0 saturated heterocycles. The van der Waals surface area contributed by atoms with Gasteiger partial charge in [0.15, 0.2) is 0 Å². The zero-order valence-corrected chi connectivity index (χ0v) is 11.4. The van der Waals surface area contributed by atoms with Crippen LogP contribution in [0.4, 0.5) is 0 Å². The van der Waals surface area contributed by atoms with Crippen molar-refractivity contribution in [2.75, 3.05) is 39.3 Å². The lowest BCUT2D eigenvalue weighted by Crippen LogP contribution is -2.33. The van der Waals surface area contributed by atoms with E-state index in [1.165, 1.54) is 19.3 Å². The summed E-state index contributed by atoms with van der Waals surface area (Å²) in [6, 6.07) is 0. The van der Waals surface area contributed by atoms with Gasteiger partial charge in [-0.25, -0.2) is 0 Å². The van der Waals surface area contributed by atoms with E-state index in [2.05, 4.69) is 36.7 Å². The molecule has 0 aromatic carbocycles. The van der Waals surface area contributed by atoms with Crippen LogP contribution in [0, 0.1) is 5.92 Å². The first-order valence-electron chi connectivity index (χ1n) is 6.89. The van der Waals surface area contributed by atoms with Crippen LogP contribution < -0.4 is 16.0 Å². The highest BCUT2D eigenvalue weighted by Crippen LogP contribution is 1.95. The third-order valence-corrected chi connectivity index (χ3v) is 2.56. The smallest absolute Gasteiger partial charge is 0.00772 e. The molecule has 3 N–H and O–H groups in total. The van der Waals surface area contributed by atoms with Gasteiger partial charge in [0.25, 0.3) is 0 Å². The molecule has 0 atom stereocenters. The van der Waals surface area contributed by atoms with E-state index >= 15 is 0 Å². The minimum absolute atomic E-state index is 0.809. The van der Waals surface area contributed by atoms with Crippen molar-refractivity contribution in [2.45, 2.75) is 40.0 Å². The first-order valence-corrected chi connectivity index (χ1v) is 6.89. The van der Waals surface area contributed by atoms with Crippen LogP contribution in [-0.4, -0.2) is 39.3 Å². The van der Waals surface area contributed by atoms with Gasteiger partial charge < -0.3 is 16.0 Å². The molecule has 0 heterocycles. The highest BCUT2D eigenvalue weighted by atomic mass is 15.0. The Morgan fingerprint density at radius 2 is 1.25 bits per heavy atom. The molecule has 0 aliphatic heterocycles. The second kappa shape index (κ2) is 12.9. The van der Waals surface area contributed by atoms with Crippen molar-refractivity contribution in [3.8, 4) is 0 Å². The fourth-order valence-electron chi connectivity index (χ4n) is 1.42. The highest BCUT2D eigenvalue weighted by molar-refractivity contribution is 4.55. The predicted octanol–water partition coefficient (Wildman–Crippen LogP) is 1.60.